The third-order valence-electron chi connectivity index (χ3n) is 3.74. The highest BCUT2D eigenvalue weighted by Crippen LogP contribution is 2.36. The first-order chi connectivity index (χ1) is 9.69. The van der Waals surface area contributed by atoms with Crippen LogP contribution in [0.4, 0.5) is 0 Å². The fourth-order valence-electron chi connectivity index (χ4n) is 2.65. The Labute approximate surface area is 117 Å². The Morgan fingerprint density at radius 1 is 1.40 bits per heavy atom. The van der Waals surface area contributed by atoms with Crippen molar-refractivity contribution in [1.82, 2.24) is 0 Å². The van der Waals surface area contributed by atoms with Crippen LogP contribution in [-0.4, -0.2) is 25.3 Å². The van der Waals surface area contributed by atoms with Crippen LogP contribution in [0.15, 0.2) is 18.2 Å². The zero-order chi connectivity index (χ0) is 14.1. The molecule has 1 saturated heterocycles. The molecule has 0 aliphatic carbocycles. The van der Waals surface area contributed by atoms with E-state index < -0.39 is 5.92 Å². The highest BCUT2D eigenvalue weighted by molar-refractivity contribution is 5.90. The molecule has 5 heteroatoms. The molecule has 2 aliphatic heterocycles. The summed E-state index contributed by atoms with van der Waals surface area (Å²) >= 11 is 0. The summed E-state index contributed by atoms with van der Waals surface area (Å²) in [5, 5.41) is 9.34. The molecule has 5 nitrogen and oxygen atoms in total. The molecular formula is C15H15NO4. The van der Waals surface area contributed by atoms with Gasteiger partial charge >= 0.3 is 0 Å². The van der Waals surface area contributed by atoms with Crippen LogP contribution in [-0.2, 0) is 9.53 Å². The van der Waals surface area contributed by atoms with E-state index >= 15 is 0 Å². The predicted octanol–water partition coefficient (Wildman–Crippen LogP) is 2.02. The second kappa shape index (κ2) is 5.14. The Kier molecular flexibility index (Phi) is 3.33. The molecule has 3 atom stereocenters. The molecule has 0 spiro atoms. The van der Waals surface area contributed by atoms with Crippen molar-refractivity contribution >= 4 is 5.78 Å². The van der Waals surface area contributed by atoms with Crippen molar-refractivity contribution in [1.29, 1.82) is 5.26 Å². The molecule has 2 heterocycles. The Morgan fingerprint density at radius 2 is 2.20 bits per heavy atom. The van der Waals surface area contributed by atoms with Crippen LogP contribution >= 0.6 is 0 Å². The molecule has 0 amide bonds. The summed E-state index contributed by atoms with van der Waals surface area (Å²) < 4.78 is 15.9. The molecule has 0 bridgehead atoms. The van der Waals surface area contributed by atoms with Crippen molar-refractivity contribution in [3.63, 3.8) is 0 Å². The SMILES string of the molecule is CC1CC(C(=O)C(C#N)c2ccc3c(c2)OCO3)CO1. The number of carbonyl (C=O) groups is 1. The van der Waals surface area contributed by atoms with E-state index in [1.165, 1.54) is 0 Å². The van der Waals surface area contributed by atoms with Crippen molar-refractivity contribution in [2.75, 3.05) is 13.4 Å². The maximum atomic E-state index is 12.4. The summed E-state index contributed by atoms with van der Waals surface area (Å²) in [7, 11) is 0. The minimum atomic E-state index is -0.775. The number of Topliss-reactive ketones (excluding diaryl/α,β-unsaturated/α-hetero) is 1. The van der Waals surface area contributed by atoms with Crippen LogP contribution in [0.2, 0.25) is 0 Å². The Bertz CT molecular complexity index is 578. The fraction of sp³-hybridized carbons (Fsp3) is 0.467. The van der Waals surface area contributed by atoms with E-state index in [0.29, 0.717) is 30.1 Å². The van der Waals surface area contributed by atoms with Crippen LogP contribution in [0.25, 0.3) is 0 Å². The van der Waals surface area contributed by atoms with Crippen molar-refractivity contribution in [3.8, 4) is 17.6 Å². The predicted molar refractivity (Wildman–Crippen MR) is 69.4 cm³/mol. The highest BCUT2D eigenvalue weighted by atomic mass is 16.7. The quantitative estimate of drug-likeness (QED) is 0.842. The van der Waals surface area contributed by atoms with Gasteiger partial charge in [0, 0.05) is 5.92 Å². The van der Waals surface area contributed by atoms with Crippen molar-refractivity contribution in [3.05, 3.63) is 23.8 Å². The minimum absolute atomic E-state index is 0.0734. The lowest BCUT2D eigenvalue weighted by atomic mass is 9.87. The topological polar surface area (TPSA) is 68.6 Å². The van der Waals surface area contributed by atoms with Gasteiger partial charge in [0.1, 0.15) is 5.92 Å². The Morgan fingerprint density at radius 3 is 2.90 bits per heavy atom. The van der Waals surface area contributed by atoms with Gasteiger partial charge in [0.25, 0.3) is 0 Å². The van der Waals surface area contributed by atoms with Gasteiger partial charge in [-0.3, -0.25) is 4.79 Å². The summed E-state index contributed by atoms with van der Waals surface area (Å²) in [5.74, 6) is 0.196. The normalized spacial score (nSPS) is 25.2. The zero-order valence-electron chi connectivity index (χ0n) is 11.2. The monoisotopic (exact) mass is 273 g/mol. The summed E-state index contributed by atoms with van der Waals surface area (Å²) in [5.41, 5.74) is 0.654. The molecule has 0 saturated carbocycles. The summed E-state index contributed by atoms with van der Waals surface area (Å²) in [6.07, 6.45) is 0.765. The van der Waals surface area contributed by atoms with E-state index in [1.807, 2.05) is 6.92 Å². The molecule has 1 aromatic rings. The highest BCUT2D eigenvalue weighted by Gasteiger charge is 2.34. The second-order valence-electron chi connectivity index (χ2n) is 5.15. The van der Waals surface area contributed by atoms with E-state index in [9.17, 15) is 10.1 Å². The second-order valence-corrected chi connectivity index (χ2v) is 5.15. The summed E-state index contributed by atoms with van der Waals surface area (Å²) in [6, 6.07) is 7.30. The van der Waals surface area contributed by atoms with E-state index in [1.54, 1.807) is 18.2 Å². The smallest absolute Gasteiger partial charge is 0.231 e. The van der Waals surface area contributed by atoms with E-state index in [4.69, 9.17) is 14.2 Å². The van der Waals surface area contributed by atoms with Gasteiger partial charge in [0.15, 0.2) is 17.3 Å². The van der Waals surface area contributed by atoms with Crippen molar-refractivity contribution in [2.45, 2.75) is 25.4 Å². The lowest BCUT2D eigenvalue weighted by Gasteiger charge is -2.13. The number of rotatable bonds is 3. The number of hydrogen-bond acceptors (Lipinski definition) is 5. The molecule has 104 valence electrons. The van der Waals surface area contributed by atoms with Gasteiger partial charge in [-0.1, -0.05) is 6.07 Å². The number of nitrogens with zero attached hydrogens (tertiary/aromatic N) is 1. The number of ether oxygens (including phenoxy) is 3. The molecule has 0 N–H and O–H groups in total. The van der Waals surface area contributed by atoms with Crippen LogP contribution in [0.3, 0.4) is 0 Å². The summed E-state index contributed by atoms with van der Waals surface area (Å²) in [4.78, 5) is 12.4. The maximum Gasteiger partial charge on any atom is 0.231 e. The average Bonchev–Trinajstić information content (AvgIpc) is 3.07. The molecule has 1 aromatic carbocycles. The average molecular weight is 273 g/mol. The van der Waals surface area contributed by atoms with Crippen molar-refractivity contribution < 1.29 is 19.0 Å². The van der Waals surface area contributed by atoms with Gasteiger partial charge < -0.3 is 14.2 Å². The van der Waals surface area contributed by atoms with Crippen LogP contribution in [0.1, 0.15) is 24.8 Å². The van der Waals surface area contributed by atoms with Crippen LogP contribution < -0.4 is 9.47 Å². The fourth-order valence-corrected chi connectivity index (χ4v) is 2.65. The number of benzene rings is 1. The molecule has 1 fully saturated rings. The number of nitriles is 1. The third kappa shape index (κ3) is 2.23. The largest absolute Gasteiger partial charge is 0.454 e. The standard InChI is InChI=1S/C15H15NO4/c1-9-4-11(7-18-9)15(17)12(6-16)10-2-3-13-14(5-10)20-8-19-13/h2-3,5,9,11-12H,4,7-8H2,1H3. The van der Waals surface area contributed by atoms with Crippen LogP contribution in [0.5, 0.6) is 11.5 Å². The molecule has 0 radical (unpaired) electrons. The number of carbonyl (C=O) groups excluding carboxylic acids is 1. The lowest BCUT2D eigenvalue weighted by Crippen LogP contribution is -2.21. The van der Waals surface area contributed by atoms with Crippen LogP contribution in [0, 0.1) is 17.2 Å². The Hall–Kier alpha value is -2.06. The van der Waals surface area contributed by atoms with E-state index in [2.05, 4.69) is 6.07 Å². The molecule has 3 rings (SSSR count). The van der Waals surface area contributed by atoms with Gasteiger partial charge in [-0.2, -0.15) is 5.26 Å². The van der Waals surface area contributed by atoms with Gasteiger partial charge in [-0.05, 0) is 31.0 Å². The first-order valence-corrected chi connectivity index (χ1v) is 6.63. The first kappa shape index (κ1) is 12.9. The number of fused-ring (bicyclic) bond motifs is 1. The zero-order valence-corrected chi connectivity index (χ0v) is 11.2. The summed E-state index contributed by atoms with van der Waals surface area (Å²) in [6.45, 7) is 2.52. The van der Waals surface area contributed by atoms with Gasteiger partial charge in [-0.25, -0.2) is 0 Å². The van der Waals surface area contributed by atoms with Crippen molar-refractivity contribution in [2.24, 2.45) is 5.92 Å². The van der Waals surface area contributed by atoms with Gasteiger partial charge in [-0.15, -0.1) is 0 Å². The lowest BCUT2D eigenvalue weighted by molar-refractivity contribution is -0.123. The minimum Gasteiger partial charge on any atom is -0.454 e. The molecule has 0 aromatic heterocycles. The molecule has 3 unspecified atom stereocenters. The number of hydrogen-bond donors (Lipinski definition) is 0. The molecule has 2 aliphatic rings. The third-order valence-corrected chi connectivity index (χ3v) is 3.74. The first-order valence-electron chi connectivity index (χ1n) is 6.63. The van der Waals surface area contributed by atoms with Gasteiger partial charge in [0.2, 0.25) is 6.79 Å². The Balaban J connectivity index is 1.83. The van der Waals surface area contributed by atoms with E-state index in [-0.39, 0.29) is 24.6 Å². The van der Waals surface area contributed by atoms with Gasteiger partial charge in [0.05, 0.1) is 18.8 Å². The number of ketones is 1. The molecular weight excluding hydrogens is 258 g/mol. The maximum absolute atomic E-state index is 12.4. The molecule has 20 heavy (non-hydrogen) atoms. The van der Waals surface area contributed by atoms with E-state index in [0.717, 1.165) is 0 Å².